The van der Waals surface area contributed by atoms with Crippen LogP contribution in [0.15, 0.2) is 24.3 Å². The van der Waals surface area contributed by atoms with Crippen LogP contribution in [0.5, 0.6) is 0 Å². The summed E-state index contributed by atoms with van der Waals surface area (Å²) in [7, 11) is 0. The van der Waals surface area contributed by atoms with E-state index in [0.29, 0.717) is 5.41 Å². The van der Waals surface area contributed by atoms with Gasteiger partial charge in [-0.05, 0) is 81.0 Å². The highest BCUT2D eigenvalue weighted by Crippen LogP contribution is 2.48. The lowest BCUT2D eigenvalue weighted by Gasteiger charge is -2.43. The summed E-state index contributed by atoms with van der Waals surface area (Å²) >= 11 is 0. The average Bonchev–Trinajstić information content (AvgIpc) is 2.86. The van der Waals surface area contributed by atoms with Crippen molar-refractivity contribution in [2.24, 2.45) is 5.41 Å². The first kappa shape index (κ1) is 12.9. The largest absolute Gasteiger partial charge is 0.300 e. The van der Waals surface area contributed by atoms with Crippen LogP contribution in [0, 0.1) is 5.41 Å². The van der Waals surface area contributed by atoms with Gasteiger partial charge in [0.05, 0.1) is 0 Å². The molecule has 4 rings (SSSR count). The van der Waals surface area contributed by atoms with Crippen LogP contribution >= 0.6 is 0 Å². The summed E-state index contributed by atoms with van der Waals surface area (Å²) in [5.74, 6) is 0. The first-order valence-electron chi connectivity index (χ1n) is 8.66. The van der Waals surface area contributed by atoms with Gasteiger partial charge in [0.15, 0.2) is 0 Å². The van der Waals surface area contributed by atoms with E-state index in [9.17, 15) is 0 Å². The van der Waals surface area contributed by atoms with E-state index >= 15 is 0 Å². The monoisotopic (exact) mass is 269 g/mol. The van der Waals surface area contributed by atoms with E-state index in [2.05, 4.69) is 29.2 Å². The molecule has 0 atom stereocenters. The highest BCUT2D eigenvalue weighted by molar-refractivity contribution is 5.34. The van der Waals surface area contributed by atoms with Gasteiger partial charge in [0.2, 0.25) is 0 Å². The van der Waals surface area contributed by atoms with E-state index in [1.165, 1.54) is 70.9 Å². The predicted octanol–water partition coefficient (Wildman–Crippen LogP) is 4.20. The molecule has 1 saturated heterocycles. The molecule has 1 aliphatic heterocycles. The molecule has 2 aliphatic carbocycles. The third-order valence-electron chi connectivity index (χ3n) is 6.17. The molecule has 0 radical (unpaired) electrons. The van der Waals surface area contributed by atoms with Crippen molar-refractivity contribution >= 4 is 0 Å². The fourth-order valence-electron chi connectivity index (χ4n) is 4.99. The minimum Gasteiger partial charge on any atom is -0.300 e. The number of likely N-dealkylation sites (tertiary alicyclic amines) is 1. The van der Waals surface area contributed by atoms with Gasteiger partial charge in [-0.15, -0.1) is 0 Å². The molecule has 1 aromatic rings. The molecule has 1 aromatic carbocycles. The van der Waals surface area contributed by atoms with Gasteiger partial charge >= 0.3 is 0 Å². The number of hydrogen-bond acceptors (Lipinski definition) is 1. The number of hydrogen-bond donors (Lipinski definition) is 0. The number of nitrogens with zero attached hydrogens (tertiary/aromatic N) is 1. The molecule has 0 aromatic heterocycles. The zero-order valence-corrected chi connectivity index (χ0v) is 12.6. The number of rotatable bonds is 1. The average molecular weight is 269 g/mol. The van der Waals surface area contributed by atoms with Crippen molar-refractivity contribution in [1.82, 2.24) is 4.90 Å². The maximum absolute atomic E-state index is 2.80. The molecule has 1 nitrogen and oxygen atoms in total. The van der Waals surface area contributed by atoms with Gasteiger partial charge in [-0.2, -0.15) is 0 Å². The van der Waals surface area contributed by atoms with E-state index < -0.39 is 0 Å². The van der Waals surface area contributed by atoms with Gasteiger partial charge < -0.3 is 4.90 Å². The molecule has 1 saturated carbocycles. The second kappa shape index (κ2) is 5.18. The zero-order chi connectivity index (χ0) is 13.4. The van der Waals surface area contributed by atoms with Crippen molar-refractivity contribution in [1.29, 1.82) is 0 Å². The summed E-state index contributed by atoms with van der Waals surface area (Å²) in [4.78, 5) is 2.80. The van der Waals surface area contributed by atoms with Crippen LogP contribution < -0.4 is 0 Å². The number of benzene rings is 1. The lowest BCUT2D eigenvalue weighted by molar-refractivity contribution is 0.0795. The van der Waals surface area contributed by atoms with Crippen LogP contribution in [0.25, 0.3) is 0 Å². The molecular weight excluding hydrogens is 242 g/mol. The lowest BCUT2D eigenvalue weighted by atomic mass is 9.70. The van der Waals surface area contributed by atoms with Gasteiger partial charge in [-0.1, -0.05) is 30.7 Å². The van der Waals surface area contributed by atoms with Crippen molar-refractivity contribution in [3.63, 3.8) is 0 Å². The molecule has 0 N–H and O–H groups in total. The highest BCUT2D eigenvalue weighted by Gasteiger charge is 2.41. The quantitative estimate of drug-likeness (QED) is 0.738. The molecule has 0 amide bonds. The van der Waals surface area contributed by atoms with Gasteiger partial charge in [-0.3, -0.25) is 0 Å². The van der Waals surface area contributed by atoms with Gasteiger partial charge in [0.1, 0.15) is 0 Å². The van der Waals surface area contributed by atoms with E-state index in [-0.39, 0.29) is 0 Å². The van der Waals surface area contributed by atoms with E-state index in [1.54, 1.807) is 11.1 Å². The van der Waals surface area contributed by atoms with Crippen LogP contribution in [0.4, 0.5) is 0 Å². The molecule has 2 fully saturated rings. The molecule has 3 aliphatic rings. The Morgan fingerprint density at radius 3 is 2.05 bits per heavy atom. The molecule has 0 bridgehead atoms. The second-order valence-electron chi connectivity index (χ2n) is 7.45. The molecule has 108 valence electrons. The SMILES string of the molecule is c1ccc2c(c1)CC1(CCC(N3CCCCC3)CC1)C2. The van der Waals surface area contributed by atoms with E-state index in [4.69, 9.17) is 0 Å². The summed E-state index contributed by atoms with van der Waals surface area (Å²) in [5, 5.41) is 0. The van der Waals surface area contributed by atoms with Gasteiger partial charge in [-0.25, -0.2) is 0 Å². The Morgan fingerprint density at radius 2 is 1.45 bits per heavy atom. The normalized spacial score (nSPS) is 26.8. The second-order valence-corrected chi connectivity index (χ2v) is 7.45. The standard InChI is InChI=1S/C19H27N/c1-4-12-20(13-5-1)18-8-10-19(11-9-18)14-16-6-2-3-7-17(16)15-19/h2-3,6-7,18H,1,4-5,8-15H2. The van der Waals surface area contributed by atoms with Crippen LogP contribution in [0.1, 0.15) is 56.1 Å². The summed E-state index contributed by atoms with van der Waals surface area (Å²) in [6, 6.07) is 10.1. The van der Waals surface area contributed by atoms with Crippen LogP contribution in [-0.2, 0) is 12.8 Å². The fourth-order valence-corrected chi connectivity index (χ4v) is 4.99. The Morgan fingerprint density at radius 1 is 0.850 bits per heavy atom. The molecule has 20 heavy (non-hydrogen) atoms. The van der Waals surface area contributed by atoms with Crippen molar-refractivity contribution in [3.05, 3.63) is 35.4 Å². The number of piperidine rings is 1. The summed E-state index contributed by atoms with van der Waals surface area (Å²) in [6.45, 7) is 2.75. The molecule has 1 heterocycles. The topological polar surface area (TPSA) is 3.24 Å². The zero-order valence-electron chi connectivity index (χ0n) is 12.6. The maximum Gasteiger partial charge on any atom is 0.00956 e. The van der Waals surface area contributed by atoms with Crippen molar-refractivity contribution < 1.29 is 0 Å². The minimum atomic E-state index is 0.635. The molecule has 0 unspecified atom stereocenters. The first-order valence-corrected chi connectivity index (χ1v) is 8.66. The van der Waals surface area contributed by atoms with Crippen LogP contribution in [-0.4, -0.2) is 24.0 Å². The Kier molecular flexibility index (Phi) is 3.34. The Hall–Kier alpha value is -0.820. The van der Waals surface area contributed by atoms with Gasteiger partial charge in [0, 0.05) is 6.04 Å². The predicted molar refractivity (Wildman–Crippen MR) is 84.0 cm³/mol. The van der Waals surface area contributed by atoms with E-state index in [1.807, 2.05) is 0 Å². The summed E-state index contributed by atoms with van der Waals surface area (Å²) in [6.07, 6.45) is 12.9. The Balaban J connectivity index is 1.40. The third kappa shape index (κ3) is 2.30. The van der Waals surface area contributed by atoms with Crippen molar-refractivity contribution in [2.45, 2.75) is 63.8 Å². The molecule has 1 spiro atoms. The third-order valence-corrected chi connectivity index (χ3v) is 6.17. The van der Waals surface area contributed by atoms with Crippen LogP contribution in [0.2, 0.25) is 0 Å². The highest BCUT2D eigenvalue weighted by atomic mass is 15.2. The van der Waals surface area contributed by atoms with Crippen molar-refractivity contribution in [2.75, 3.05) is 13.1 Å². The van der Waals surface area contributed by atoms with Crippen molar-refractivity contribution in [3.8, 4) is 0 Å². The fraction of sp³-hybridized carbons (Fsp3) is 0.684. The Labute approximate surface area is 123 Å². The minimum absolute atomic E-state index is 0.635. The lowest BCUT2D eigenvalue weighted by Crippen LogP contribution is -2.43. The van der Waals surface area contributed by atoms with Gasteiger partial charge in [0.25, 0.3) is 0 Å². The number of fused-ring (bicyclic) bond motifs is 1. The smallest absolute Gasteiger partial charge is 0.00956 e. The molecule has 1 heteroatoms. The first-order chi connectivity index (χ1) is 9.85. The van der Waals surface area contributed by atoms with E-state index in [0.717, 1.165) is 6.04 Å². The maximum atomic E-state index is 2.80. The summed E-state index contributed by atoms with van der Waals surface area (Å²) in [5.41, 5.74) is 3.92. The Bertz CT molecular complexity index is 437. The van der Waals surface area contributed by atoms with Crippen LogP contribution in [0.3, 0.4) is 0 Å². The summed E-state index contributed by atoms with van der Waals surface area (Å²) < 4.78 is 0. The molecular formula is C19H27N.